The van der Waals surface area contributed by atoms with Gasteiger partial charge in [0, 0.05) is 5.02 Å². The highest BCUT2D eigenvalue weighted by Crippen LogP contribution is 2.13. The van der Waals surface area contributed by atoms with Gasteiger partial charge < -0.3 is 4.74 Å². The van der Waals surface area contributed by atoms with Gasteiger partial charge in [0.2, 0.25) is 0 Å². The van der Waals surface area contributed by atoms with Gasteiger partial charge >= 0.3 is 5.97 Å². The molecule has 0 aliphatic rings. The zero-order chi connectivity index (χ0) is 13.8. The summed E-state index contributed by atoms with van der Waals surface area (Å²) in [6, 6.07) is 7.48. The van der Waals surface area contributed by atoms with Crippen molar-refractivity contribution in [1.82, 2.24) is 15.0 Å². The Balaban J connectivity index is 2.20. The highest BCUT2D eigenvalue weighted by Gasteiger charge is 2.17. The van der Waals surface area contributed by atoms with E-state index in [0.717, 1.165) is 5.56 Å². The molecule has 0 unspecified atom stereocenters. The third-order valence-corrected chi connectivity index (χ3v) is 2.91. The number of ether oxygens (including phenoxy) is 1. The van der Waals surface area contributed by atoms with Crippen LogP contribution in [0, 0.1) is 6.92 Å². The normalized spacial score (nSPS) is 10.5. The van der Waals surface area contributed by atoms with Crippen LogP contribution in [0.15, 0.2) is 24.3 Å². The molecule has 0 fully saturated rings. The van der Waals surface area contributed by atoms with Gasteiger partial charge in [0.25, 0.3) is 0 Å². The van der Waals surface area contributed by atoms with E-state index in [0.29, 0.717) is 23.9 Å². The Labute approximate surface area is 116 Å². The van der Waals surface area contributed by atoms with Crippen LogP contribution < -0.4 is 0 Å². The summed E-state index contributed by atoms with van der Waals surface area (Å²) >= 11 is 5.93. The Hall–Kier alpha value is -1.88. The number of esters is 1. The Morgan fingerprint density at radius 2 is 2.26 bits per heavy atom. The largest absolute Gasteiger partial charge is 0.461 e. The van der Waals surface area contributed by atoms with Gasteiger partial charge in [-0.25, -0.2) is 9.48 Å². The molecule has 0 amide bonds. The summed E-state index contributed by atoms with van der Waals surface area (Å²) < 4.78 is 6.57. The van der Waals surface area contributed by atoms with E-state index in [1.165, 1.54) is 0 Å². The molecule has 2 aromatic rings. The van der Waals surface area contributed by atoms with Gasteiger partial charge in [-0.05, 0) is 31.5 Å². The third kappa shape index (κ3) is 3.12. The van der Waals surface area contributed by atoms with E-state index in [-0.39, 0.29) is 5.69 Å². The number of benzene rings is 1. The fourth-order valence-electron chi connectivity index (χ4n) is 1.71. The van der Waals surface area contributed by atoms with Crippen molar-refractivity contribution in [3.05, 3.63) is 46.2 Å². The van der Waals surface area contributed by atoms with Crippen molar-refractivity contribution in [3.8, 4) is 0 Å². The second kappa shape index (κ2) is 5.84. The minimum Gasteiger partial charge on any atom is -0.461 e. The summed E-state index contributed by atoms with van der Waals surface area (Å²) in [5, 5.41) is 8.49. The van der Waals surface area contributed by atoms with Crippen molar-refractivity contribution in [1.29, 1.82) is 0 Å². The van der Waals surface area contributed by atoms with Crippen LogP contribution in [-0.4, -0.2) is 27.6 Å². The second-order valence-electron chi connectivity index (χ2n) is 4.03. The molecule has 1 heterocycles. The highest BCUT2D eigenvalue weighted by atomic mass is 35.5. The van der Waals surface area contributed by atoms with E-state index < -0.39 is 5.97 Å². The topological polar surface area (TPSA) is 57.0 Å². The fourth-order valence-corrected chi connectivity index (χ4v) is 1.92. The molecule has 0 N–H and O–H groups in total. The summed E-state index contributed by atoms with van der Waals surface area (Å²) in [5.74, 6) is -0.447. The molecule has 100 valence electrons. The van der Waals surface area contributed by atoms with Crippen molar-refractivity contribution >= 4 is 17.6 Å². The first-order chi connectivity index (χ1) is 9.11. The monoisotopic (exact) mass is 279 g/mol. The molecule has 0 atom stereocenters. The van der Waals surface area contributed by atoms with E-state index in [2.05, 4.69) is 10.3 Å². The summed E-state index contributed by atoms with van der Waals surface area (Å²) in [4.78, 5) is 11.6. The quantitative estimate of drug-likeness (QED) is 0.807. The Kier molecular flexibility index (Phi) is 4.16. The van der Waals surface area contributed by atoms with Gasteiger partial charge in [-0.1, -0.05) is 28.9 Å². The first kappa shape index (κ1) is 13.5. The molecule has 0 aliphatic carbocycles. The number of nitrogens with zero attached hydrogens (tertiary/aromatic N) is 3. The molecule has 0 radical (unpaired) electrons. The molecule has 19 heavy (non-hydrogen) atoms. The molecule has 2 rings (SSSR count). The molecule has 6 heteroatoms. The molecular weight excluding hydrogens is 266 g/mol. The lowest BCUT2D eigenvalue weighted by Crippen LogP contribution is -2.08. The Bertz CT molecular complexity index is 595. The number of carbonyl (C=O) groups is 1. The number of halogens is 1. The van der Waals surface area contributed by atoms with Crippen LogP contribution in [0.2, 0.25) is 5.02 Å². The van der Waals surface area contributed by atoms with E-state index in [1.807, 2.05) is 24.3 Å². The van der Waals surface area contributed by atoms with Crippen LogP contribution >= 0.6 is 11.6 Å². The van der Waals surface area contributed by atoms with E-state index in [9.17, 15) is 4.79 Å². The van der Waals surface area contributed by atoms with Crippen molar-refractivity contribution in [2.45, 2.75) is 20.4 Å². The summed E-state index contributed by atoms with van der Waals surface area (Å²) in [6.07, 6.45) is 0. The predicted molar refractivity (Wildman–Crippen MR) is 71.3 cm³/mol. The van der Waals surface area contributed by atoms with Gasteiger partial charge in [0.1, 0.15) is 0 Å². The van der Waals surface area contributed by atoms with Gasteiger partial charge in [0.05, 0.1) is 18.8 Å². The van der Waals surface area contributed by atoms with Crippen LogP contribution in [0.25, 0.3) is 0 Å². The van der Waals surface area contributed by atoms with Gasteiger partial charge in [0.15, 0.2) is 5.69 Å². The zero-order valence-corrected chi connectivity index (χ0v) is 11.5. The van der Waals surface area contributed by atoms with Crippen LogP contribution in [0.3, 0.4) is 0 Å². The molecule has 0 spiro atoms. The summed E-state index contributed by atoms with van der Waals surface area (Å²) in [6.45, 7) is 4.37. The standard InChI is InChI=1S/C13H14ClN3O2/c1-3-19-13(18)12-9(2)17(16-15-12)8-10-5-4-6-11(14)7-10/h4-7H,3,8H2,1-2H3. The number of aromatic nitrogens is 3. The van der Waals surface area contributed by atoms with Gasteiger partial charge in [-0.2, -0.15) is 0 Å². The number of hydrogen-bond acceptors (Lipinski definition) is 4. The molecule has 1 aromatic carbocycles. The highest BCUT2D eigenvalue weighted by molar-refractivity contribution is 6.30. The smallest absolute Gasteiger partial charge is 0.360 e. The zero-order valence-electron chi connectivity index (χ0n) is 10.8. The maximum atomic E-state index is 11.6. The Morgan fingerprint density at radius 3 is 2.95 bits per heavy atom. The number of carbonyl (C=O) groups excluding carboxylic acids is 1. The average molecular weight is 280 g/mol. The van der Waals surface area contributed by atoms with E-state index in [1.54, 1.807) is 18.5 Å². The van der Waals surface area contributed by atoms with Crippen molar-refractivity contribution in [3.63, 3.8) is 0 Å². The summed E-state index contributed by atoms with van der Waals surface area (Å²) in [7, 11) is 0. The lowest BCUT2D eigenvalue weighted by atomic mass is 10.2. The lowest BCUT2D eigenvalue weighted by molar-refractivity contribution is 0.0518. The molecular formula is C13H14ClN3O2. The van der Waals surface area contributed by atoms with Crippen LogP contribution in [0.4, 0.5) is 0 Å². The molecule has 5 nitrogen and oxygen atoms in total. The van der Waals surface area contributed by atoms with E-state index in [4.69, 9.17) is 16.3 Å². The number of hydrogen-bond donors (Lipinski definition) is 0. The lowest BCUT2D eigenvalue weighted by Gasteiger charge is -2.04. The van der Waals surface area contributed by atoms with Gasteiger partial charge in [-0.3, -0.25) is 0 Å². The number of rotatable bonds is 4. The van der Waals surface area contributed by atoms with Crippen LogP contribution in [0.5, 0.6) is 0 Å². The first-order valence-corrected chi connectivity index (χ1v) is 6.31. The van der Waals surface area contributed by atoms with Crippen LogP contribution in [0.1, 0.15) is 28.7 Å². The molecule has 0 bridgehead atoms. The van der Waals surface area contributed by atoms with Crippen molar-refractivity contribution < 1.29 is 9.53 Å². The van der Waals surface area contributed by atoms with Crippen molar-refractivity contribution in [2.24, 2.45) is 0 Å². The minimum atomic E-state index is -0.447. The third-order valence-electron chi connectivity index (χ3n) is 2.67. The molecule has 1 aromatic heterocycles. The fraction of sp³-hybridized carbons (Fsp3) is 0.308. The summed E-state index contributed by atoms with van der Waals surface area (Å²) in [5.41, 5.74) is 1.93. The SMILES string of the molecule is CCOC(=O)c1nnn(Cc2cccc(Cl)c2)c1C. The van der Waals surface area contributed by atoms with Gasteiger partial charge in [-0.15, -0.1) is 5.10 Å². The second-order valence-corrected chi connectivity index (χ2v) is 4.47. The van der Waals surface area contributed by atoms with Crippen molar-refractivity contribution in [2.75, 3.05) is 6.61 Å². The van der Waals surface area contributed by atoms with E-state index >= 15 is 0 Å². The molecule has 0 saturated carbocycles. The molecule has 0 saturated heterocycles. The maximum Gasteiger partial charge on any atom is 0.360 e. The average Bonchev–Trinajstić information content (AvgIpc) is 2.71. The molecule has 0 aliphatic heterocycles. The van der Waals surface area contributed by atoms with Crippen LogP contribution in [-0.2, 0) is 11.3 Å². The first-order valence-electron chi connectivity index (χ1n) is 5.93. The predicted octanol–water partition coefficient (Wildman–Crippen LogP) is 2.46. The minimum absolute atomic E-state index is 0.254. The Morgan fingerprint density at radius 1 is 1.47 bits per heavy atom. The maximum absolute atomic E-state index is 11.6.